The van der Waals surface area contributed by atoms with Crippen molar-refractivity contribution in [3.63, 3.8) is 0 Å². The van der Waals surface area contributed by atoms with Gasteiger partial charge in [0.15, 0.2) is 0 Å². The maximum atomic E-state index is 11.5. The summed E-state index contributed by atoms with van der Waals surface area (Å²) in [5.74, 6) is 0. The topological polar surface area (TPSA) is 20.2 Å². The van der Waals surface area contributed by atoms with E-state index in [-0.39, 0.29) is 44.9 Å². The van der Waals surface area contributed by atoms with Gasteiger partial charge in [-0.05, 0) is 0 Å². The van der Waals surface area contributed by atoms with Gasteiger partial charge in [0, 0.05) is 0 Å². The van der Waals surface area contributed by atoms with Crippen molar-refractivity contribution in [3.8, 4) is 0 Å². The predicted octanol–water partition coefficient (Wildman–Crippen LogP) is 0.679. The van der Waals surface area contributed by atoms with E-state index >= 15 is 0 Å². The van der Waals surface area contributed by atoms with E-state index in [1.165, 1.54) is 13.4 Å². The first kappa shape index (κ1) is 17.0. The molecule has 1 nitrogen and oxygen atoms in total. The van der Waals surface area contributed by atoms with Crippen LogP contribution in [0.5, 0.6) is 0 Å². The van der Waals surface area contributed by atoms with Crippen LogP contribution in [0.3, 0.4) is 0 Å². The third kappa shape index (κ3) is 5.34. The van der Waals surface area contributed by atoms with Crippen molar-refractivity contribution < 1.29 is 5.11 Å². The van der Waals surface area contributed by atoms with Crippen molar-refractivity contribution in [2.24, 2.45) is 0 Å². The van der Waals surface area contributed by atoms with Gasteiger partial charge in [-0.2, -0.15) is 0 Å². The summed E-state index contributed by atoms with van der Waals surface area (Å²) in [6.45, 7) is 0. The number of hydrogen-bond donors (Lipinski definition) is 1. The van der Waals surface area contributed by atoms with E-state index in [0.29, 0.717) is 0 Å². The van der Waals surface area contributed by atoms with E-state index in [9.17, 15) is 5.11 Å². The van der Waals surface area contributed by atoms with E-state index in [2.05, 4.69) is 72.8 Å². The fourth-order valence-electron chi connectivity index (χ4n) is 1.97. The molecule has 0 aliphatic carbocycles. The molecule has 0 spiro atoms. The van der Waals surface area contributed by atoms with Crippen LogP contribution in [0.4, 0.5) is 0 Å². The molecule has 0 bridgehead atoms. The zero-order valence-corrected chi connectivity index (χ0v) is 17.5. The van der Waals surface area contributed by atoms with Crippen LogP contribution < -0.4 is 13.4 Å². The summed E-state index contributed by atoms with van der Waals surface area (Å²) in [5.41, 5.74) is 0. The van der Waals surface area contributed by atoms with Crippen molar-refractivity contribution in [2.45, 2.75) is 2.30 Å². The monoisotopic (exact) mass is 500 g/mol. The van der Waals surface area contributed by atoms with E-state index in [1.807, 2.05) is 18.2 Å². The van der Waals surface area contributed by atoms with Gasteiger partial charge in [-0.15, -0.1) is 0 Å². The molecule has 0 unspecified atom stereocenters. The summed E-state index contributed by atoms with van der Waals surface area (Å²) in [4.78, 5) is 0. The van der Waals surface area contributed by atoms with Gasteiger partial charge in [0.05, 0.1) is 0 Å². The maximum absolute atomic E-state index is 11.5. The van der Waals surface area contributed by atoms with Crippen molar-refractivity contribution in [3.05, 3.63) is 91.0 Å². The zero-order valence-electron chi connectivity index (χ0n) is 12.3. The Kier molecular flexibility index (Phi) is 6.16. The van der Waals surface area contributed by atoms with Crippen LogP contribution in [0.1, 0.15) is 0 Å². The minimum absolute atomic E-state index is 0.0416. The molecule has 0 heterocycles. The average Bonchev–Trinajstić information content (AvgIpc) is 2.57. The van der Waals surface area contributed by atoms with Gasteiger partial charge >= 0.3 is 157 Å². The first-order valence-corrected chi connectivity index (χ1v) is 12.3. The van der Waals surface area contributed by atoms with E-state index in [0.717, 1.165) is 0 Å². The second-order valence-corrected chi connectivity index (χ2v) is 16.7. The molecule has 116 valence electrons. The van der Waals surface area contributed by atoms with Crippen LogP contribution >= 0.6 is 0 Å². The molecule has 0 fully saturated rings. The summed E-state index contributed by atoms with van der Waals surface area (Å²) >= 11 is 0.125. The molecule has 4 heteroatoms. The van der Waals surface area contributed by atoms with Crippen LogP contribution in [0.2, 0.25) is 0 Å². The quantitative estimate of drug-likeness (QED) is 0.497. The SMILES string of the molecule is OC([Se]c1ccccc1)([Se]c1ccccc1)[Se]c1ccccc1. The second kappa shape index (κ2) is 8.33. The summed E-state index contributed by atoms with van der Waals surface area (Å²) in [6.07, 6.45) is 0. The molecule has 0 saturated heterocycles. The minimum atomic E-state index is -0.600. The Bertz CT molecular complexity index is 616. The first-order valence-electron chi connectivity index (χ1n) is 7.18. The molecule has 3 aromatic carbocycles. The molecule has 0 aromatic heterocycles. The van der Waals surface area contributed by atoms with E-state index in [1.54, 1.807) is 0 Å². The number of benzene rings is 3. The molecule has 1 N–H and O–H groups in total. The van der Waals surface area contributed by atoms with Gasteiger partial charge in [-0.25, -0.2) is 0 Å². The summed E-state index contributed by atoms with van der Waals surface area (Å²) in [7, 11) is 0. The Morgan fingerprint density at radius 3 is 1.00 bits per heavy atom. The van der Waals surface area contributed by atoms with Gasteiger partial charge in [-0.3, -0.25) is 0 Å². The zero-order chi connectivity index (χ0) is 16.0. The summed E-state index contributed by atoms with van der Waals surface area (Å²) in [6, 6.07) is 31.2. The normalized spacial score (nSPS) is 11.3. The molecular formula is C19H16OSe3. The fourth-order valence-corrected chi connectivity index (χ4v) is 13.6. The predicted molar refractivity (Wildman–Crippen MR) is 100 cm³/mol. The summed E-state index contributed by atoms with van der Waals surface area (Å²) in [5, 5.41) is 11.5. The molecule has 0 amide bonds. The molecule has 0 radical (unpaired) electrons. The standard InChI is InChI=1S/C19H16OSe3/c20-19(21-16-10-4-1-5-11-16,22-17-12-6-2-7-13-17)23-18-14-8-3-9-15-18/h1-15,20H. The second-order valence-electron chi connectivity index (χ2n) is 4.77. The van der Waals surface area contributed by atoms with Gasteiger partial charge < -0.3 is 0 Å². The van der Waals surface area contributed by atoms with Crippen LogP contribution in [0, 0.1) is 0 Å². The van der Waals surface area contributed by atoms with Gasteiger partial charge in [0.25, 0.3) is 0 Å². The third-order valence-electron chi connectivity index (χ3n) is 2.97. The Labute approximate surface area is 156 Å². The number of aliphatic hydroxyl groups is 1. The molecule has 3 rings (SSSR count). The van der Waals surface area contributed by atoms with Gasteiger partial charge in [0.1, 0.15) is 0 Å². The van der Waals surface area contributed by atoms with Gasteiger partial charge in [0.2, 0.25) is 0 Å². The Morgan fingerprint density at radius 2 is 0.739 bits per heavy atom. The molecule has 0 saturated carbocycles. The Balaban J connectivity index is 1.85. The van der Waals surface area contributed by atoms with Crippen molar-refractivity contribution in [2.75, 3.05) is 0 Å². The van der Waals surface area contributed by atoms with Gasteiger partial charge in [-0.1, -0.05) is 0 Å². The van der Waals surface area contributed by atoms with Crippen LogP contribution in [0.15, 0.2) is 91.0 Å². The first-order chi connectivity index (χ1) is 11.2. The van der Waals surface area contributed by atoms with E-state index in [4.69, 9.17) is 0 Å². The van der Waals surface area contributed by atoms with E-state index < -0.39 is 2.30 Å². The number of rotatable bonds is 6. The fraction of sp³-hybridized carbons (Fsp3) is 0.0526. The Hall–Kier alpha value is -0.822. The number of hydrogen-bond acceptors (Lipinski definition) is 1. The van der Waals surface area contributed by atoms with Crippen LogP contribution in [0.25, 0.3) is 0 Å². The third-order valence-corrected chi connectivity index (χ3v) is 13.2. The molecular weight excluding hydrogens is 481 g/mol. The molecule has 0 aliphatic rings. The van der Waals surface area contributed by atoms with Crippen molar-refractivity contribution in [1.82, 2.24) is 0 Å². The molecule has 23 heavy (non-hydrogen) atoms. The van der Waals surface area contributed by atoms with Crippen molar-refractivity contribution in [1.29, 1.82) is 0 Å². The average molecular weight is 497 g/mol. The summed E-state index contributed by atoms with van der Waals surface area (Å²) < 4.78 is 3.19. The van der Waals surface area contributed by atoms with Crippen LogP contribution in [-0.4, -0.2) is 52.3 Å². The molecule has 0 atom stereocenters. The van der Waals surface area contributed by atoms with Crippen LogP contribution in [-0.2, 0) is 0 Å². The van der Waals surface area contributed by atoms with Crippen molar-refractivity contribution >= 4 is 58.3 Å². The molecule has 0 aliphatic heterocycles. The molecule has 3 aromatic rings. The Morgan fingerprint density at radius 1 is 0.478 bits per heavy atom.